The molecule has 1 aliphatic rings. The van der Waals surface area contributed by atoms with E-state index in [1.165, 1.54) is 25.7 Å². The van der Waals surface area contributed by atoms with Gasteiger partial charge in [0.2, 0.25) is 0 Å². The van der Waals surface area contributed by atoms with Gasteiger partial charge in [0.1, 0.15) is 0 Å². The first kappa shape index (κ1) is 12.0. The summed E-state index contributed by atoms with van der Waals surface area (Å²) in [6.07, 6.45) is 8.14. The Balaban J connectivity index is 1.84. The lowest BCUT2D eigenvalue weighted by atomic mass is 10.1. The van der Waals surface area contributed by atoms with Gasteiger partial charge in [-0.25, -0.2) is 0 Å². The van der Waals surface area contributed by atoms with E-state index < -0.39 is 0 Å². The molecule has 0 radical (unpaired) electrons. The number of hydrogen-bond donors (Lipinski definition) is 1. The summed E-state index contributed by atoms with van der Waals surface area (Å²) >= 11 is 0. The van der Waals surface area contributed by atoms with Crippen LogP contribution in [0, 0.1) is 5.92 Å². The predicted molar refractivity (Wildman–Crippen MR) is 58.3 cm³/mol. The summed E-state index contributed by atoms with van der Waals surface area (Å²) in [6.45, 7) is 3.79. The van der Waals surface area contributed by atoms with Gasteiger partial charge < -0.3 is 9.84 Å². The second-order valence-corrected chi connectivity index (χ2v) is 4.43. The SMILES string of the molecule is CCC(O)CCCOCC1CCCC1. The van der Waals surface area contributed by atoms with Crippen molar-refractivity contribution in [2.24, 2.45) is 5.92 Å². The molecule has 1 atom stereocenters. The molecule has 2 nitrogen and oxygen atoms in total. The normalized spacial score (nSPS) is 20.1. The maximum Gasteiger partial charge on any atom is 0.0538 e. The summed E-state index contributed by atoms with van der Waals surface area (Å²) in [5.41, 5.74) is 0. The number of ether oxygens (including phenoxy) is 1. The third kappa shape index (κ3) is 4.97. The van der Waals surface area contributed by atoms with E-state index in [9.17, 15) is 5.11 Å². The molecule has 1 saturated carbocycles. The third-order valence-corrected chi connectivity index (χ3v) is 3.13. The molecule has 0 aromatic rings. The van der Waals surface area contributed by atoms with Crippen molar-refractivity contribution in [2.45, 2.75) is 58.0 Å². The minimum absolute atomic E-state index is 0.120. The van der Waals surface area contributed by atoms with Crippen molar-refractivity contribution in [2.75, 3.05) is 13.2 Å². The Hall–Kier alpha value is -0.0800. The lowest BCUT2D eigenvalue weighted by molar-refractivity contribution is 0.0835. The van der Waals surface area contributed by atoms with Gasteiger partial charge >= 0.3 is 0 Å². The maximum absolute atomic E-state index is 9.31. The topological polar surface area (TPSA) is 29.5 Å². The first-order valence-electron chi connectivity index (χ1n) is 6.08. The third-order valence-electron chi connectivity index (χ3n) is 3.13. The van der Waals surface area contributed by atoms with Crippen LogP contribution < -0.4 is 0 Å². The summed E-state index contributed by atoms with van der Waals surface area (Å²) in [5, 5.41) is 9.31. The van der Waals surface area contributed by atoms with Crippen molar-refractivity contribution >= 4 is 0 Å². The van der Waals surface area contributed by atoms with Crippen LogP contribution in [0.5, 0.6) is 0 Å². The average Bonchev–Trinajstić information content (AvgIpc) is 2.69. The summed E-state index contributed by atoms with van der Waals surface area (Å²) < 4.78 is 5.60. The second-order valence-electron chi connectivity index (χ2n) is 4.43. The van der Waals surface area contributed by atoms with E-state index in [0.717, 1.165) is 38.4 Å². The molecule has 0 aliphatic heterocycles. The van der Waals surface area contributed by atoms with Crippen LogP contribution in [0.4, 0.5) is 0 Å². The molecule has 0 saturated heterocycles. The molecule has 1 aliphatic carbocycles. The average molecular weight is 200 g/mol. The molecule has 1 rings (SSSR count). The molecule has 1 unspecified atom stereocenters. The monoisotopic (exact) mass is 200 g/mol. The van der Waals surface area contributed by atoms with Crippen LogP contribution in [0.25, 0.3) is 0 Å². The van der Waals surface area contributed by atoms with Gasteiger partial charge in [0.25, 0.3) is 0 Å². The summed E-state index contributed by atoms with van der Waals surface area (Å²) in [7, 11) is 0. The van der Waals surface area contributed by atoms with Gasteiger partial charge in [-0.15, -0.1) is 0 Å². The van der Waals surface area contributed by atoms with Crippen molar-refractivity contribution in [3.63, 3.8) is 0 Å². The zero-order chi connectivity index (χ0) is 10.2. The summed E-state index contributed by atoms with van der Waals surface area (Å²) in [5.74, 6) is 0.825. The second kappa shape index (κ2) is 7.24. The summed E-state index contributed by atoms with van der Waals surface area (Å²) in [6, 6.07) is 0. The highest BCUT2D eigenvalue weighted by molar-refractivity contribution is 4.66. The lowest BCUT2D eigenvalue weighted by Crippen LogP contribution is -2.09. The fourth-order valence-corrected chi connectivity index (χ4v) is 2.05. The molecule has 0 aromatic carbocycles. The quantitative estimate of drug-likeness (QED) is 0.640. The van der Waals surface area contributed by atoms with E-state index in [2.05, 4.69) is 0 Å². The first-order chi connectivity index (χ1) is 6.83. The van der Waals surface area contributed by atoms with Gasteiger partial charge in [0, 0.05) is 13.2 Å². The molecule has 2 heteroatoms. The molecular weight excluding hydrogens is 176 g/mol. The number of aliphatic hydroxyl groups is 1. The maximum atomic E-state index is 9.31. The Kier molecular flexibility index (Phi) is 6.20. The zero-order valence-corrected chi connectivity index (χ0v) is 9.37. The first-order valence-corrected chi connectivity index (χ1v) is 6.08. The Morgan fingerprint density at radius 1 is 1.36 bits per heavy atom. The van der Waals surface area contributed by atoms with Crippen LogP contribution in [-0.4, -0.2) is 24.4 Å². The van der Waals surface area contributed by atoms with Crippen LogP contribution in [0.15, 0.2) is 0 Å². The minimum Gasteiger partial charge on any atom is -0.393 e. The highest BCUT2D eigenvalue weighted by atomic mass is 16.5. The standard InChI is InChI=1S/C12H24O2/c1-2-12(13)8-5-9-14-10-11-6-3-4-7-11/h11-13H,2-10H2,1H3. The highest BCUT2D eigenvalue weighted by Gasteiger charge is 2.14. The van der Waals surface area contributed by atoms with Crippen LogP contribution in [0.2, 0.25) is 0 Å². The Bertz CT molecular complexity index is 130. The molecular formula is C12H24O2. The zero-order valence-electron chi connectivity index (χ0n) is 9.37. The van der Waals surface area contributed by atoms with Crippen molar-refractivity contribution in [1.29, 1.82) is 0 Å². The molecule has 0 spiro atoms. The largest absolute Gasteiger partial charge is 0.393 e. The van der Waals surface area contributed by atoms with Gasteiger partial charge in [-0.1, -0.05) is 19.8 Å². The molecule has 14 heavy (non-hydrogen) atoms. The van der Waals surface area contributed by atoms with Crippen LogP contribution in [-0.2, 0) is 4.74 Å². The van der Waals surface area contributed by atoms with Crippen LogP contribution in [0.3, 0.4) is 0 Å². The van der Waals surface area contributed by atoms with Gasteiger partial charge in [0.15, 0.2) is 0 Å². The van der Waals surface area contributed by atoms with Crippen LogP contribution in [0.1, 0.15) is 51.9 Å². The Morgan fingerprint density at radius 2 is 2.07 bits per heavy atom. The molecule has 1 fully saturated rings. The van der Waals surface area contributed by atoms with Crippen molar-refractivity contribution < 1.29 is 9.84 Å². The highest BCUT2D eigenvalue weighted by Crippen LogP contribution is 2.24. The van der Waals surface area contributed by atoms with Gasteiger partial charge in [-0.05, 0) is 38.0 Å². The molecule has 0 amide bonds. The Labute approximate surface area is 87.7 Å². The van der Waals surface area contributed by atoms with Gasteiger partial charge in [-0.2, -0.15) is 0 Å². The number of hydrogen-bond acceptors (Lipinski definition) is 2. The van der Waals surface area contributed by atoms with Gasteiger partial charge in [0.05, 0.1) is 6.10 Å². The molecule has 1 N–H and O–H groups in total. The van der Waals surface area contributed by atoms with Crippen molar-refractivity contribution in [1.82, 2.24) is 0 Å². The summed E-state index contributed by atoms with van der Waals surface area (Å²) in [4.78, 5) is 0. The van der Waals surface area contributed by atoms with Crippen LogP contribution >= 0.6 is 0 Å². The predicted octanol–water partition coefficient (Wildman–Crippen LogP) is 2.74. The van der Waals surface area contributed by atoms with E-state index in [0.29, 0.717) is 0 Å². The molecule has 0 aromatic heterocycles. The van der Waals surface area contributed by atoms with Gasteiger partial charge in [-0.3, -0.25) is 0 Å². The van der Waals surface area contributed by atoms with E-state index >= 15 is 0 Å². The van der Waals surface area contributed by atoms with E-state index in [4.69, 9.17) is 4.74 Å². The van der Waals surface area contributed by atoms with E-state index in [1.54, 1.807) is 0 Å². The molecule has 0 heterocycles. The Morgan fingerprint density at radius 3 is 2.71 bits per heavy atom. The lowest BCUT2D eigenvalue weighted by Gasteiger charge is -2.11. The van der Waals surface area contributed by atoms with Crippen molar-refractivity contribution in [3.05, 3.63) is 0 Å². The van der Waals surface area contributed by atoms with E-state index in [-0.39, 0.29) is 6.10 Å². The number of rotatable bonds is 7. The fourth-order valence-electron chi connectivity index (χ4n) is 2.05. The molecule has 84 valence electrons. The number of aliphatic hydroxyl groups excluding tert-OH is 1. The van der Waals surface area contributed by atoms with E-state index in [1.807, 2.05) is 6.92 Å². The fraction of sp³-hybridized carbons (Fsp3) is 1.00. The smallest absolute Gasteiger partial charge is 0.0538 e. The minimum atomic E-state index is -0.120. The molecule has 0 bridgehead atoms. The van der Waals surface area contributed by atoms with Crippen molar-refractivity contribution in [3.8, 4) is 0 Å².